The predicted octanol–water partition coefficient (Wildman–Crippen LogP) is 3.02. The highest BCUT2D eigenvalue weighted by Crippen LogP contribution is 2.09. The Kier molecular flexibility index (Phi) is 5.70. The van der Waals surface area contributed by atoms with Gasteiger partial charge in [-0.25, -0.2) is 0 Å². The van der Waals surface area contributed by atoms with Crippen LogP contribution < -0.4 is 5.32 Å². The molecule has 2 aromatic rings. The second kappa shape index (κ2) is 7.96. The third-order valence-electron chi connectivity index (χ3n) is 3.31. The predicted molar refractivity (Wildman–Crippen MR) is 87.2 cm³/mol. The highest BCUT2D eigenvalue weighted by Gasteiger charge is 2.06. The van der Waals surface area contributed by atoms with Gasteiger partial charge in [0, 0.05) is 25.2 Å². The molecule has 1 N–H and O–H groups in total. The molecule has 0 aliphatic carbocycles. The van der Waals surface area contributed by atoms with Crippen molar-refractivity contribution in [3.8, 4) is 6.07 Å². The van der Waals surface area contributed by atoms with E-state index >= 15 is 0 Å². The van der Waals surface area contributed by atoms with Crippen LogP contribution in [-0.2, 0) is 11.3 Å². The fourth-order valence-electron chi connectivity index (χ4n) is 2.12. The third kappa shape index (κ3) is 5.04. The molecule has 0 radical (unpaired) electrons. The van der Waals surface area contributed by atoms with Crippen LogP contribution in [-0.4, -0.2) is 24.4 Å². The summed E-state index contributed by atoms with van der Waals surface area (Å²) >= 11 is 0. The SMILES string of the molecule is CN(CCC(=O)Nc1ccc(C#N)cc1)Cc1ccccc1. The van der Waals surface area contributed by atoms with E-state index in [-0.39, 0.29) is 5.91 Å². The summed E-state index contributed by atoms with van der Waals surface area (Å²) in [5.74, 6) is -0.0235. The van der Waals surface area contributed by atoms with Crippen LogP contribution in [0.1, 0.15) is 17.5 Å². The first kappa shape index (κ1) is 15.7. The molecule has 1 amide bonds. The standard InChI is InChI=1S/C18H19N3O/c1-21(14-16-5-3-2-4-6-16)12-11-18(22)20-17-9-7-15(13-19)8-10-17/h2-10H,11-12,14H2,1H3,(H,20,22). The summed E-state index contributed by atoms with van der Waals surface area (Å²) in [6.45, 7) is 1.52. The number of hydrogen-bond donors (Lipinski definition) is 1. The number of hydrogen-bond acceptors (Lipinski definition) is 3. The molecular formula is C18H19N3O. The molecule has 0 unspecified atom stereocenters. The molecule has 112 valence electrons. The van der Waals surface area contributed by atoms with Gasteiger partial charge >= 0.3 is 0 Å². The lowest BCUT2D eigenvalue weighted by Gasteiger charge is -2.16. The van der Waals surface area contributed by atoms with Crippen LogP contribution in [0.25, 0.3) is 0 Å². The van der Waals surface area contributed by atoms with Gasteiger partial charge in [0.05, 0.1) is 11.6 Å². The van der Waals surface area contributed by atoms with E-state index in [1.807, 2.05) is 25.2 Å². The number of nitrogens with zero attached hydrogens (tertiary/aromatic N) is 2. The number of rotatable bonds is 6. The summed E-state index contributed by atoms with van der Waals surface area (Å²) in [6.07, 6.45) is 0.434. The fourth-order valence-corrected chi connectivity index (χ4v) is 2.12. The number of amides is 1. The molecular weight excluding hydrogens is 274 g/mol. The van der Waals surface area contributed by atoms with Gasteiger partial charge in [0.2, 0.25) is 5.91 Å². The second-order valence-corrected chi connectivity index (χ2v) is 5.21. The molecule has 4 nitrogen and oxygen atoms in total. The molecule has 0 aromatic heterocycles. The van der Waals surface area contributed by atoms with Crippen molar-refractivity contribution in [2.24, 2.45) is 0 Å². The second-order valence-electron chi connectivity index (χ2n) is 5.21. The van der Waals surface area contributed by atoms with Gasteiger partial charge in [-0.15, -0.1) is 0 Å². The molecule has 0 bridgehead atoms. The maximum Gasteiger partial charge on any atom is 0.225 e. The topological polar surface area (TPSA) is 56.1 Å². The van der Waals surface area contributed by atoms with E-state index in [2.05, 4.69) is 28.4 Å². The van der Waals surface area contributed by atoms with Crippen LogP contribution in [0.15, 0.2) is 54.6 Å². The first-order valence-corrected chi connectivity index (χ1v) is 7.20. The van der Waals surface area contributed by atoms with Gasteiger partial charge in [-0.1, -0.05) is 30.3 Å². The van der Waals surface area contributed by atoms with Crippen LogP contribution in [0.3, 0.4) is 0 Å². The van der Waals surface area contributed by atoms with Crippen molar-refractivity contribution in [3.05, 3.63) is 65.7 Å². The lowest BCUT2D eigenvalue weighted by Crippen LogP contribution is -2.24. The van der Waals surface area contributed by atoms with Gasteiger partial charge in [-0.05, 0) is 36.9 Å². The number of benzene rings is 2. The van der Waals surface area contributed by atoms with Crippen molar-refractivity contribution in [2.45, 2.75) is 13.0 Å². The van der Waals surface area contributed by atoms with Gasteiger partial charge in [0.15, 0.2) is 0 Å². The summed E-state index contributed by atoms with van der Waals surface area (Å²) in [5.41, 5.74) is 2.54. The van der Waals surface area contributed by atoms with Crippen molar-refractivity contribution in [1.29, 1.82) is 5.26 Å². The van der Waals surface area contributed by atoms with Gasteiger partial charge in [0.25, 0.3) is 0 Å². The van der Waals surface area contributed by atoms with Gasteiger partial charge < -0.3 is 10.2 Å². The van der Waals surface area contributed by atoms with E-state index < -0.39 is 0 Å². The Balaban J connectivity index is 1.76. The lowest BCUT2D eigenvalue weighted by atomic mass is 10.2. The van der Waals surface area contributed by atoms with E-state index in [1.165, 1.54) is 5.56 Å². The number of nitrogens with one attached hydrogen (secondary N) is 1. The van der Waals surface area contributed by atoms with Crippen LogP contribution in [0.2, 0.25) is 0 Å². The Bertz CT molecular complexity index is 644. The molecule has 0 atom stereocenters. The van der Waals surface area contributed by atoms with Crippen molar-refractivity contribution >= 4 is 11.6 Å². The van der Waals surface area contributed by atoms with Gasteiger partial charge in [0.1, 0.15) is 0 Å². The van der Waals surface area contributed by atoms with E-state index in [4.69, 9.17) is 5.26 Å². The van der Waals surface area contributed by atoms with E-state index in [9.17, 15) is 4.79 Å². The zero-order valence-corrected chi connectivity index (χ0v) is 12.6. The quantitative estimate of drug-likeness (QED) is 0.890. The summed E-state index contributed by atoms with van der Waals surface area (Å²) in [4.78, 5) is 14.0. The summed E-state index contributed by atoms with van der Waals surface area (Å²) in [6, 6.07) is 19.1. The van der Waals surface area contributed by atoms with E-state index in [1.54, 1.807) is 24.3 Å². The molecule has 0 saturated carbocycles. The molecule has 2 rings (SSSR count). The Labute approximate surface area is 131 Å². The summed E-state index contributed by atoms with van der Waals surface area (Å²) in [5, 5.41) is 11.6. The largest absolute Gasteiger partial charge is 0.326 e. The number of anilines is 1. The first-order valence-electron chi connectivity index (χ1n) is 7.20. The van der Waals surface area contributed by atoms with Crippen LogP contribution >= 0.6 is 0 Å². The maximum absolute atomic E-state index is 11.9. The monoisotopic (exact) mass is 293 g/mol. The van der Waals surface area contributed by atoms with Crippen LogP contribution in [0.4, 0.5) is 5.69 Å². The minimum atomic E-state index is -0.0235. The minimum absolute atomic E-state index is 0.0235. The van der Waals surface area contributed by atoms with Crippen molar-refractivity contribution in [2.75, 3.05) is 18.9 Å². The highest BCUT2D eigenvalue weighted by atomic mass is 16.1. The third-order valence-corrected chi connectivity index (χ3v) is 3.31. The molecule has 2 aromatic carbocycles. The van der Waals surface area contributed by atoms with Gasteiger partial charge in [-0.2, -0.15) is 5.26 Å². The lowest BCUT2D eigenvalue weighted by molar-refractivity contribution is -0.116. The normalized spacial score (nSPS) is 10.2. The molecule has 0 heterocycles. The van der Waals surface area contributed by atoms with Gasteiger partial charge in [-0.3, -0.25) is 4.79 Å². The maximum atomic E-state index is 11.9. The number of carbonyl (C=O) groups excluding carboxylic acids is 1. The Hall–Kier alpha value is -2.64. The Morgan fingerprint density at radius 2 is 1.82 bits per heavy atom. The minimum Gasteiger partial charge on any atom is -0.326 e. The Morgan fingerprint density at radius 1 is 1.14 bits per heavy atom. The molecule has 22 heavy (non-hydrogen) atoms. The molecule has 0 aliphatic heterocycles. The molecule has 0 fully saturated rings. The zero-order valence-electron chi connectivity index (χ0n) is 12.6. The van der Waals surface area contributed by atoms with E-state index in [0.717, 1.165) is 12.2 Å². The zero-order chi connectivity index (χ0) is 15.8. The Morgan fingerprint density at radius 3 is 2.45 bits per heavy atom. The average Bonchev–Trinajstić information content (AvgIpc) is 2.55. The average molecular weight is 293 g/mol. The first-order chi connectivity index (χ1) is 10.7. The molecule has 0 spiro atoms. The fraction of sp³-hybridized carbons (Fsp3) is 0.222. The molecule has 4 heteroatoms. The van der Waals surface area contributed by atoms with Crippen molar-refractivity contribution in [1.82, 2.24) is 4.90 Å². The highest BCUT2D eigenvalue weighted by molar-refractivity contribution is 5.90. The van der Waals surface area contributed by atoms with Crippen molar-refractivity contribution in [3.63, 3.8) is 0 Å². The van der Waals surface area contributed by atoms with Crippen molar-refractivity contribution < 1.29 is 4.79 Å². The number of carbonyl (C=O) groups is 1. The summed E-state index contributed by atoms with van der Waals surface area (Å²) in [7, 11) is 2.00. The van der Waals surface area contributed by atoms with E-state index in [0.29, 0.717) is 18.5 Å². The number of nitriles is 1. The molecule has 0 aliphatic rings. The van der Waals surface area contributed by atoms with Crippen LogP contribution in [0, 0.1) is 11.3 Å². The molecule has 0 saturated heterocycles. The smallest absolute Gasteiger partial charge is 0.225 e. The summed E-state index contributed by atoms with van der Waals surface area (Å²) < 4.78 is 0. The van der Waals surface area contributed by atoms with Crippen LogP contribution in [0.5, 0.6) is 0 Å².